The van der Waals surface area contributed by atoms with Crippen molar-refractivity contribution in [2.75, 3.05) is 18.0 Å². The van der Waals surface area contributed by atoms with Gasteiger partial charge in [0.05, 0.1) is 16.2 Å². The largest absolute Gasteiger partial charge is 0.348 e. The molecule has 1 aliphatic rings. The Kier molecular flexibility index (Phi) is 3.70. The number of rotatable bonds is 2. The van der Waals surface area contributed by atoms with Gasteiger partial charge in [0.25, 0.3) is 0 Å². The summed E-state index contributed by atoms with van der Waals surface area (Å²) < 4.78 is 14.7. The van der Waals surface area contributed by atoms with E-state index in [1.54, 1.807) is 6.07 Å². The fourth-order valence-electron chi connectivity index (χ4n) is 3.34. The predicted octanol–water partition coefficient (Wildman–Crippen LogP) is 4.50. The number of piperidine rings is 1. The maximum Gasteiger partial charge on any atom is 0.186 e. The normalized spacial score (nSPS) is 16.9. The number of hydrogen-bond donors (Lipinski definition) is 0. The lowest BCUT2D eigenvalue weighted by molar-refractivity contribution is 0.415. The van der Waals surface area contributed by atoms with Crippen molar-refractivity contribution in [3.8, 4) is 6.07 Å². The summed E-state index contributed by atoms with van der Waals surface area (Å²) in [6.45, 7) is 1.51. The molecule has 3 aromatic rings. The molecule has 1 saturated heterocycles. The lowest BCUT2D eigenvalue weighted by Gasteiger charge is -2.37. The first-order valence-corrected chi connectivity index (χ1v) is 8.80. The number of para-hydroxylation sites is 1. The van der Waals surface area contributed by atoms with Crippen molar-refractivity contribution in [3.05, 3.63) is 59.9 Å². The third-order valence-corrected chi connectivity index (χ3v) is 5.87. The second-order valence-corrected chi connectivity index (χ2v) is 7.14. The fraction of sp³-hybridized carbons (Fsp3) is 0.263. The molecule has 3 nitrogen and oxygen atoms in total. The molecule has 0 aliphatic carbocycles. The number of fused-ring (bicyclic) bond motifs is 1. The fourth-order valence-corrected chi connectivity index (χ4v) is 4.37. The Morgan fingerprint density at radius 2 is 1.83 bits per heavy atom. The summed E-state index contributed by atoms with van der Waals surface area (Å²) in [6.07, 6.45) is 1.51. The van der Waals surface area contributed by atoms with Gasteiger partial charge in [-0.3, -0.25) is 0 Å². The van der Waals surface area contributed by atoms with Gasteiger partial charge in [-0.15, -0.1) is 0 Å². The molecule has 0 atom stereocenters. The van der Waals surface area contributed by atoms with Crippen LogP contribution in [0.1, 0.15) is 18.4 Å². The second-order valence-electron chi connectivity index (χ2n) is 6.13. The summed E-state index contributed by atoms with van der Waals surface area (Å²) in [5, 5.41) is 10.6. The minimum Gasteiger partial charge on any atom is -0.348 e. The summed E-state index contributed by atoms with van der Waals surface area (Å²) in [4.78, 5) is 6.64. The molecule has 24 heavy (non-hydrogen) atoms. The summed E-state index contributed by atoms with van der Waals surface area (Å²) in [6, 6.07) is 17.6. The highest BCUT2D eigenvalue weighted by atomic mass is 32.1. The van der Waals surface area contributed by atoms with E-state index in [0.717, 1.165) is 41.3 Å². The molecule has 0 spiro atoms. The maximum atomic E-state index is 13.8. The van der Waals surface area contributed by atoms with E-state index in [1.165, 1.54) is 17.4 Å². The molecule has 0 N–H and O–H groups in total. The van der Waals surface area contributed by atoms with Gasteiger partial charge in [0, 0.05) is 13.1 Å². The van der Waals surface area contributed by atoms with E-state index in [4.69, 9.17) is 0 Å². The zero-order valence-electron chi connectivity index (χ0n) is 13.1. The molecule has 0 amide bonds. The number of benzene rings is 2. The number of anilines is 1. The van der Waals surface area contributed by atoms with Crippen molar-refractivity contribution in [2.24, 2.45) is 0 Å². The van der Waals surface area contributed by atoms with Gasteiger partial charge in [0.1, 0.15) is 11.3 Å². The topological polar surface area (TPSA) is 39.9 Å². The maximum absolute atomic E-state index is 13.8. The van der Waals surface area contributed by atoms with Crippen molar-refractivity contribution < 1.29 is 4.39 Å². The number of halogens is 1. The van der Waals surface area contributed by atoms with Crippen LogP contribution in [-0.4, -0.2) is 18.1 Å². The lowest BCUT2D eigenvalue weighted by Crippen LogP contribution is -2.41. The Morgan fingerprint density at radius 1 is 1.08 bits per heavy atom. The van der Waals surface area contributed by atoms with Gasteiger partial charge in [0.2, 0.25) is 0 Å². The average Bonchev–Trinajstić information content (AvgIpc) is 3.08. The second kappa shape index (κ2) is 5.88. The summed E-state index contributed by atoms with van der Waals surface area (Å²) >= 11 is 1.51. The minimum absolute atomic E-state index is 0.275. The van der Waals surface area contributed by atoms with Crippen LogP contribution in [0.2, 0.25) is 0 Å². The van der Waals surface area contributed by atoms with Crippen molar-refractivity contribution in [2.45, 2.75) is 18.3 Å². The van der Waals surface area contributed by atoms with Gasteiger partial charge in [-0.25, -0.2) is 9.37 Å². The summed E-state index contributed by atoms with van der Waals surface area (Å²) in [7, 11) is 0. The van der Waals surface area contributed by atoms with Gasteiger partial charge in [-0.2, -0.15) is 5.26 Å². The first-order chi connectivity index (χ1) is 11.7. The van der Waals surface area contributed by atoms with Crippen LogP contribution in [0.4, 0.5) is 9.52 Å². The van der Waals surface area contributed by atoms with Crippen LogP contribution in [0, 0.1) is 17.1 Å². The molecule has 1 aliphatic heterocycles. The van der Waals surface area contributed by atoms with Crippen molar-refractivity contribution in [3.63, 3.8) is 0 Å². The number of nitriles is 1. The predicted molar refractivity (Wildman–Crippen MR) is 94.8 cm³/mol. The first-order valence-electron chi connectivity index (χ1n) is 7.99. The average molecular weight is 337 g/mol. The van der Waals surface area contributed by atoms with E-state index in [-0.39, 0.29) is 5.82 Å². The molecule has 120 valence electrons. The van der Waals surface area contributed by atoms with E-state index in [0.29, 0.717) is 5.52 Å². The zero-order valence-corrected chi connectivity index (χ0v) is 13.9. The van der Waals surface area contributed by atoms with Crippen LogP contribution >= 0.6 is 11.3 Å². The standard InChI is InChI=1S/C19H16FN3S/c20-15-7-4-8-16-17(15)22-18(24-16)23-11-9-19(13-21,10-12-23)14-5-2-1-3-6-14/h1-8H,9-12H2. The Balaban J connectivity index is 1.59. The molecule has 1 fully saturated rings. The SMILES string of the molecule is N#CC1(c2ccccc2)CCN(c2nc3c(F)cccc3s2)CC1. The Morgan fingerprint density at radius 3 is 2.50 bits per heavy atom. The smallest absolute Gasteiger partial charge is 0.186 e. The highest BCUT2D eigenvalue weighted by Gasteiger charge is 2.37. The van der Waals surface area contributed by atoms with Gasteiger partial charge in [0.15, 0.2) is 5.13 Å². The van der Waals surface area contributed by atoms with Crippen LogP contribution in [0.3, 0.4) is 0 Å². The highest BCUT2D eigenvalue weighted by Crippen LogP contribution is 2.38. The number of aromatic nitrogens is 1. The number of hydrogen-bond acceptors (Lipinski definition) is 4. The van der Waals surface area contributed by atoms with Crippen LogP contribution in [-0.2, 0) is 5.41 Å². The van der Waals surface area contributed by atoms with E-state index in [2.05, 4.69) is 16.0 Å². The molecule has 2 aromatic carbocycles. The number of nitrogens with zero attached hydrogens (tertiary/aromatic N) is 3. The summed E-state index contributed by atoms with van der Waals surface area (Å²) in [5.74, 6) is -0.275. The molecule has 5 heteroatoms. The van der Waals surface area contributed by atoms with Gasteiger partial charge in [-0.05, 0) is 30.5 Å². The molecule has 0 saturated carbocycles. The highest BCUT2D eigenvalue weighted by molar-refractivity contribution is 7.22. The summed E-state index contributed by atoms with van der Waals surface area (Å²) in [5.41, 5.74) is 1.10. The van der Waals surface area contributed by atoms with Crippen molar-refractivity contribution in [1.29, 1.82) is 5.26 Å². The quantitative estimate of drug-likeness (QED) is 0.691. The van der Waals surface area contributed by atoms with Crippen LogP contribution in [0.5, 0.6) is 0 Å². The van der Waals surface area contributed by atoms with Gasteiger partial charge >= 0.3 is 0 Å². The van der Waals surface area contributed by atoms with Gasteiger partial charge in [-0.1, -0.05) is 47.7 Å². The molecule has 2 heterocycles. The number of thiazole rings is 1. The Hall–Kier alpha value is -2.45. The molecule has 0 bridgehead atoms. The third kappa shape index (κ3) is 2.44. The van der Waals surface area contributed by atoms with E-state index in [9.17, 15) is 9.65 Å². The molecular formula is C19H16FN3S. The molecule has 1 aromatic heterocycles. The first kappa shape index (κ1) is 15.1. The Labute approximate surface area is 144 Å². The molecule has 0 unspecified atom stereocenters. The van der Waals surface area contributed by atoms with Crippen LogP contribution in [0.15, 0.2) is 48.5 Å². The van der Waals surface area contributed by atoms with E-state index < -0.39 is 5.41 Å². The molecular weight excluding hydrogens is 321 g/mol. The van der Waals surface area contributed by atoms with Gasteiger partial charge < -0.3 is 4.90 Å². The van der Waals surface area contributed by atoms with Crippen molar-refractivity contribution >= 4 is 26.7 Å². The van der Waals surface area contributed by atoms with Crippen molar-refractivity contribution in [1.82, 2.24) is 4.98 Å². The van der Waals surface area contributed by atoms with E-state index in [1.807, 2.05) is 36.4 Å². The van der Waals surface area contributed by atoms with E-state index >= 15 is 0 Å². The third-order valence-electron chi connectivity index (χ3n) is 4.79. The zero-order chi connectivity index (χ0) is 16.6. The minimum atomic E-state index is -0.431. The molecule has 4 rings (SSSR count). The van der Waals surface area contributed by atoms with Crippen LogP contribution < -0.4 is 4.90 Å². The monoisotopic (exact) mass is 337 g/mol. The lowest BCUT2D eigenvalue weighted by atomic mass is 9.74. The Bertz CT molecular complexity index is 905. The molecule has 0 radical (unpaired) electrons. The van der Waals surface area contributed by atoms with Crippen LogP contribution in [0.25, 0.3) is 10.2 Å².